The molecule has 14 heavy (non-hydrogen) atoms. The summed E-state index contributed by atoms with van der Waals surface area (Å²) in [6.07, 6.45) is 1.75. The molecule has 80 valence electrons. The molecule has 0 unspecified atom stereocenters. The van der Waals surface area contributed by atoms with Crippen LogP contribution in [0.1, 0.15) is 20.3 Å². The molecule has 2 amide bonds. The van der Waals surface area contributed by atoms with E-state index in [1.807, 2.05) is 4.90 Å². The zero-order valence-corrected chi connectivity index (χ0v) is 8.90. The van der Waals surface area contributed by atoms with Gasteiger partial charge in [0.15, 0.2) is 0 Å². The second kappa shape index (κ2) is 4.98. The first-order valence-electron chi connectivity index (χ1n) is 5.12. The number of aldehydes is 1. The van der Waals surface area contributed by atoms with Gasteiger partial charge in [0.1, 0.15) is 6.29 Å². The highest BCUT2D eigenvalue weighted by atomic mass is 16.2. The fourth-order valence-corrected chi connectivity index (χ4v) is 1.71. The molecule has 1 heterocycles. The second-order valence-electron chi connectivity index (χ2n) is 4.09. The van der Waals surface area contributed by atoms with Crippen molar-refractivity contribution >= 4 is 12.3 Å². The summed E-state index contributed by atoms with van der Waals surface area (Å²) >= 11 is 0. The third-order valence-corrected chi connectivity index (χ3v) is 2.28. The van der Waals surface area contributed by atoms with Gasteiger partial charge in [0.25, 0.3) is 0 Å². The molecule has 0 aromatic heterocycles. The van der Waals surface area contributed by atoms with Crippen LogP contribution < -0.4 is 0 Å². The maximum atomic E-state index is 11.7. The van der Waals surface area contributed by atoms with Gasteiger partial charge in [-0.3, -0.25) is 0 Å². The predicted octanol–water partition coefficient (Wildman–Crippen LogP) is 0.969. The molecule has 4 heteroatoms. The Balaban J connectivity index is 2.52. The van der Waals surface area contributed by atoms with Gasteiger partial charge in [0, 0.05) is 19.6 Å². The van der Waals surface area contributed by atoms with Crippen LogP contribution in [0.15, 0.2) is 0 Å². The molecule has 1 rings (SSSR count). The minimum Gasteiger partial charge on any atom is -0.324 e. The van der Waals surface area contributed by atoms with E-state index >= 15 is 0 Å². The van der Waals surface area contributed by atoms with Crippen LogP contribution in [-0.4, -0.2) is 48.3 Å². The third kappa shape index (κ3) is 2.72. The molecule has 0 aliphatic carbocycles. The summed E-state index contributed by atoms with van der Waals surface area (Å²) < 4.78 is 0. The minimum atomic E-state index is 0.0112. The molecular formula is C10H18N2O2. The molecular weight excluding hydrogens is 180 g/mol. The lowest BCUT2D eigenvalue weighted by molar-refractivity contribution is -0.108. The monoisotopic (exact) mass is 198 g/mol. The van der Waals surface area contributed by atoms with Gasteiger partial charge in [-0.25, -0.2) is 4.79 Å². The Kier molecular flexibility index (Phi) is 3.92. The van der Waals surface area contributed by atoms with Crippen molar-refractivity contribution in [3.05, 3.63) is 0 Å². The lowest BCUT2D eigenvalue weighted by Gasteiger charge is -2.35. The number of amides is 2. The van der Waals surface area contributed by atoms with E-state index in [2.05, 4.69) is 13.8 Å². The van der Waals surface area contributed by atoms with Gasteiger partial charge in [0.05, 0.1) is 6.54 Å². The normalized spacial score (nSPS) is 17.8. The highest BCUT2D eigenvalue weighted by molar-refractivity contribution is 5.77. The maximum absolute atomic E-state index is 11.7. The van der Waals surface area contributed by atoms with E-state index in [-0.39, 0.29) is 12.6 Å². The Labute approximate surface area is 84.9 Å². The first kappa shape index (κ1) is 11.0. The quantitative estimate of drug-likeness (QED) is 0.631. The van der Waals surface area contributed by atoms with E-state index in [0.717, 1.165) is 25.8 Å². The Morgan fingerprint density at radius 1 is 1.36 bits per heavy atom. The Hall–Kier alpha value is -1.06. The summed E-state index contributed by atoms with van der Waals surface area (Å²) in [7, 11) is 0. The van der Waals surface area contributed by atoms with Crippen molar-refractivity contribution in [3.8, 4) is 0 Å². The average molecular weight is 198 g/mol. The van der Waals surface area contributed by atoms with Crippen molar-refractivity contribution in [1.82, 2.24) is 9.80 Å². The molecule has 4 nitrogen and oxygen atoms in total. The summed E-state index contributed by atoms with van der Waals surface area (Å²) in [4.78, 5) is 25.5. The first-order valence-corrected chi connectivity index (χ1v) is 5.12. The number of carbonyl (C=O) groups is 2. The molecule has 0 N–H and O–H groups in total. The van der Waals surface area contributed by atoms with Gasteiger partial charge >= 0.3 is 6.03 Å². The Morgan fingerprint density at radius 2 is 2.00 bits per heavy atom. The standard InChI is InChI=1S/C10H18N2O2/c1-9(2)8-12-5-3-4-11(6-7-13)10(12)14/h7,9H,3-6,8H2,1-2H3. The maximum Gasteiger partial charge on any atom is 0.320 e. The summed E-state index contributed by atoms with van der Waals surface area (Å²) in [6.45, 7) is 6.73. The highest BCUT2D eigenvalue weighted by Crippen LogP contribution is 2.10. The van der Waals surface area contributed by atoms with Crippen LogP contribution in [0.3, 0.4) is 0 Å². The lowest BCUT2D eigenvalue weighted by Crippen LogP contribution is -2.50. The number of nitrogens with zero attached hydrogens (tertiary/aromatic N) is 2. The van der Waals surface area contributed by atoms with E-state index in [1.54, 1.807) is 4.90 Å². The minimum absolute atomic E-state index is 0.0112. The van der Waals surface area contributed by atoms with Crippen molar-refractivity contribution in [3.63, 3.8) is 0 Å². The molecule has 0 saturated carbocycles. The van der Waals surface area contributed by atoms with Gasteiger partial charge in [-0.2, -0.15) is 0 Å². The summed E-state index contributed by atoms with van der Waals surface area (Å²) in [6, 6.07) is 0.0112. The van der Waals surface area contributed by atoms with Gasteiger partial charge in [-0.05, 0) is 12.3 Å². The van der Waals surface area contributed by atoms with Crippen LogP contribution in [-0.2, 0) is 4.79 Å². The van der Waals surface area contributed by atoms with E-state index in [9.17, 15) is 9.59 Å². The molecule has 1 aliphatic heterocycles. The number of carbonyl (C=O) groups excluding carboxylic acids is 2. The summed E-state index contributed by atoms with van der Waals surface area (Å²) in [5, 5.41) is 0. The lowest BCUT2D eigenvalue weighted by atomic mass is 10.2. The SMILES string of the molecule is CC(C)CN1CCCN(CC=O)C1=O. The zero-order valence-electron chi connectivity index (χ0n) is 8.90. The molecule has 0 bridgehead atoms. The average Bonchev–Trinajstić information content (AvgIpc) is 2.11. The molecule has 0 spiro atoms. The topological polar surface area (TPSA) is 40.6 Å². The molecule has 1 aliphatic rings. The molecule has 0 aromatic rings. The van der Waals surface area contributed by atoms with Crippen molar-refractivity contribution < 1.29 is 9.59 Å². The highest BCUT2D eigenvalue weighted by Gasteiger charge is 2.25. The number of hydrogen-bond acceptors (Lipinski definition) is 2. The largest absolute Gasteiger partial charge is 0.324 e. The molecule has 1 saturated heterocycles. The third-order valence-electron chi connectivity index (χ3n) is 2.28. The van der Waals surface area contributed by atoms with E-state index in [0.29, 0.717) is 12.5 Å². The van der Waals surface area contributed by atoms with Gasteiger partial charge in [-0.15, -0.1) is 0 Å². The second-order valence-corrected chi connectivity index (χ2v) is 4.09. The van der Waals surface area contributed by atoms with Crippen molar-refractivity contribution in [2.75, 3.05) is 26.2 Å². The van der Waals surface area contributed by atoms with Crippen LogP contribution in [0, 0.1) is 5.92 Å². The molecule has 0 atom stereocenters. The van der Waals surface area contributed by atoms with Gasteiger partial charge < -0.3 is 14.6 Å². The first-order chi connectivity index (χ1) is 6.65. The number of hydrogen-bond donors (Lipinski definition) is 0. The van der Waals surface area contributed by atoms with Gasteiger partial charge in [-0.1, -0.05) is 13.8 Å². The van der Waals surface area contributed by atoms with E-state index in [4.69, 9.17) is 0 Å². The van der Waals surface area contributed by atoms with E-state index in [1.165, 1.54) is 0 Å². The fourth-order valence-electron chi connectivity index (χ4n) is 1.71. The van der Waals surface area contributed by atoms with Crippen molar-refractivity contribution in [2.45, 2.75) is 20.3 Å². The number of rotatable bonds is 4. The molecule has 0 radical (unpaired) electrons. The van der Waals surface area contributed by atoms with Crippen molar-refractivity contribution in [1.29, 1.82) is 0 Å². The van der Waals surface area contributed by atoms with Crippen LogP contribution in [0.2, 0.25) is 0 Å². The van der Waals surface area contributed by atoms with Crippen LogP contribution in [0.5, 0.6) is 0 Å². The smallest absolute Gasteiger partial charge is 0.320 e. The van der Waals surface area contributed by atoms with Crippen LogP contribution >= 0.6 is 0 Å². The molecule has 1 fully saturated rings. The van der Waals surface area contributed by atoms with Crippen LogP contribution in [0.4, 0.5) is 4.79 Å². The summed E-state index contributed by atoms with van der Waals surface area (Å²) in [5.74, 6) is 0.482. The van der Waals surface area contributed by atoms with Crippen molar-refractivity contribution in [2.24, 2.45) is 5.92 Å². The Morgan fingerprint density at radius 3 is 2.57 bits per heavy atom. The van der Waals surface area contributed by atoms with Gasteiger partial charge in [0.2, 0.25) is 0 Å². The number of urea groups is 1. The molecule has 0 aromatic carbocycles. The van der Waals surface area contributed by atoms with E-state index < -0.39 is 0 Å². The Bertz CT molecular complexity index is 216. The zero-order chi connectivity index (χ0) is 10.6. The predicted molar refractivity (Wildman–Crippen MR) is 54.1 cm³/mol. The van der Waals surface area contributed by atoms with Crippen LogP contribution in [0.25, 0.3) is 0 Å². The summed E-state index contributed by atoms with van der Waals surface area (Å²) in [5.41, 5.74) is 0. The fraction of sp³-hybridized carbons (Fsp3) is 0.800.